The average molecular weight is 596 g/mol. The summed E-state index contributed by atoms with van der Waals surface area (Å²) in [6, 6.07) is 29.1. The van der Waals surface area contributed by atoms with Gasteiger partial charge in [0.1, 0.15) is 12.4 Å². The van der Waals surface area contributed by atoms with Gasteiger partial charge in [-0.15, -0.1) is 0 Å². The number of para-hydroxylation sites is 1. The number of nitrogens with one attached hydrogen (secondary N) is 1. The van der Waals surface area contributed by atoms with Gasteiger partial charge in [-0.2, -0.15) is 18.3 Å². The number of benzene rings is 4. The summed E-state index contributed by atoms with van der Waals surface area (Å²) in [6.07, 6.45) is -4.62. The van der Waals surface area contributed by atoms with Crippen molar-refractivity contribution in [1.29, 1.82) is 0 Å². The summed E-state index contributed by atoms with van der Waals surface area (Å²) in [5.74, 6) is 0.163. The Morgan fingerprint density at radius 2 is 1.51 bits per heavy atom. The molecule has 5 nitrogen and oxygen atoms in total. The molecular weight excluding hydrogens is 574 g/mol. The second-order valence-corrected chi connectivity index (χ2v) is 9.87. The molecule has 0 saturated heterocycles. The molecule has 1 heterocycles. The van der Waals surface area contributed by atoms with Crippen LogP contribution in [0.2, 0.25) is 10.0 Å². The Balaban J connectivity index is 1.27. The number of hydrogen-bond acceptors (Lipinski definition) is 3. The zero-order chi connectivity index (χ0) is 29.0. The van der Waals surface area contributed by atoms with Gasteiger partial charge in [0.15, 0.2) is 5.69 Å². The Morgan fingerprint density at radius 1 is 0.829 bits per heavy atom. The fourth-order valence-electron chi connectivity index (χ4n) is 4.15. The van der Waals surface area contributed by atoms with E-state index in [1.165, 1.54) is 0 Å². The van der Waals surface area contributed by atoms with Gasteiger partial charge in [-0.05, 0) is 59.2 Å². The zero-order valence-electron chi connectivity index (χ0n) is 21.3. The van der Waals surface area contributed by atoms with Crippen LogP contribution in [0.1, 0.15) is 27.3 Å². The maximum absolute atomic E-state index is 13.4. The van der Waals surface area contributed by atoms with E-state index in [0.29, 0.717) is 28.6 Å². The van der Waals surface area contributed by atoms with Crippen molar-refractivity contribution in [3.63, 3.8) is 0 Å². The van der Waals surface area contributed by atoms with Crippen molar-refractivity contribution >= 4 is 29.1 Å². The van der Waals surface area contributed by atoms with Crippen LogP contribution in [0.15, 0.2) is 103 Å². The lowest BCUT2D eigenvalue weighted by molar-refractivity contribution is -0.141. The van der Waals surface area contributed by atoms with Crippen molar-refractivity contribution < 1.29 is 22.7 Å². The average Bonchev–Trinajstić information content (AvgIpc) is 3.41. The number of rotatable bonds is 8. The molecule has 0 radical (unpaired) electrons. The van der Waals surface area contributed by atoms with Crippen LogP contribution in [0.5, 0.6) is 5.75 Å². The summed E-state index contributed by atoms with van der Waals surface area (Å²) < 4.78 is 47.1. The quantitative estimate of drug-likeness (QED) is 0.196. The number of nitrogens with zero attached hydrogens (tertiary/aromatic N) is 2. The molecule has 10 heteroatoms. The number of carbonyl (C=O) groups is 1. The van der Waals surface area contributed by atoms with Crippen LogP contribution in [-0.4, -0.2) is 15.7 Å². The van der Waals surface area contributed by atoms with E-state index in [9.17, 15) is 18.0 Å². The van der Waals surface area contributed by atoms with E-state index in [1.807, 2.05) is 30.3 Å². The third-order valence-corrected chi connectivity index (χ3v) is 6.87. The first kappa shape index (κ1) is 28.3. The third-order valence-electron chi connectivity index (χ3n) is 6.24. The first-order valence-corrected chi connectivity index (χ1v) is 13.2. The molecule has 4 aromatic carbocycles. The SMILES string of the molecule is O=C(NCc1ccccc1)c1ccc(-c2ccc(OCc3cc(C(F)(F)F)nn3-c3ccccc3Cl)cc2)cc1Cl. The lowest BCUT2D eigenvalue weighted by atomic mass is 10.0. The van der Waals surface area contributed by atoms with Gasteiger partial charge in [0.2, 0.25) is 0 Å². The van der Waals surface area contributed by atoms with E-state index in [2.05, 4.69) is 10.4 Å². The highest BCUT2D eigenvalue weighted by Crippen LogP contribution is 2.32. The van der Waals surface area contributed by atoms with Crippen LogP contribution in [0.25, 0.3) is 16.8 Å². The monoisotopic (exact) mass is 595 g/mol. The van der Waals surface area contributed by atoms with Crippen LogP contribution in [0.3, 0.4) is 0 Å². The Hall–Kier alpha value is -4.27. The molecule has 0 aliphatic carbocycles. The fraction of sp³-hybridized carbons (Fsp3) is 0.0968. The van der Waals surface area contributed by atoms with Gasteiger partial charge >= 0.3 is 6.18 Å². The van der Waals surface area contributed by atoms with Gasteiger partial charge in [-0.1, -0.05) is 83.9 Å². The Bertz CT molecular complexity index is 1670. The number of amides is 1. The number of halogens is 5. The largest absolute Gasteiger partial charge is 0.487 e. The molecule has 0 saturated carbocycles. The van der Waals surface area contributed by atoms with E-state index < -0.39 is 11.9 Å². The molecule has 0 bridgehead atoms. The molecule has 0 spiro atoms. The fourth-order valence-corrected chi connectivity index (χ4v) is 4.63. The molecule has 1 amide bonds. The molecule has 41 heavy (non-hydrogen) atoms. The first-order valence-electron chi connectivity index (χ1n) is 12.4. The lowest BCUT2D eigenvalue weighted by Gasteiger charge is -2.11. The minimum atomic E-state index is -4.62. The van der Waals surface area contributed by atoms with Crippen LogP contribution in [0.4, 0.5) is 13.2 Å². The Kier molecular flexibility index (Phi) is 8.33. The Morgan fingerprint density at radius 3 is 2.20 bits per heavy atom. The summed E-state index contributed by atoms with van der Waals surface area (Å²) in [4.78, 5) is 12.6. The van der Waals surface area contributed by atoms with Crippen molar-refractivity contribution in [1.82, 2.24) is 15.1 Å². The van der Waals surface area contributed by atoms with E-state index >= 15 is 0 Å². The number of aromatic nitrogens is 2. The van der Waals surface area contributed by atoms with Crippen molar-refractivity contribution in [2.24, 2.45) is 0 Å². The van der Waals surface area contributed by atoms with Crippen molar-refractivity contribution in [3.8, 4) is 22.6 Å². The topological polar surface area (TPSA) is 56.1 Å². The number of carbonyl (C=O) groups excluding carboxylic acids is 1. The van der Waals surface area contributed by atoms with Gasteiger partial charge in [-0.3, -0.25) is 4.79 Å². The van der Waals surface area contributed by atoms with Gasteiger partial charge in [0, 0.05) is 6.54 Å². The highest BCUT2D eigenvalue weighted by molar-refractivity contribution is 6.34. The maximum Gasteiger partial charge on any atom is 0.435 e. The van der Waals surface area contributed by atoms with Gasteiger partial charge in [0.25, 0.3) is 5.91 Å². The summed E-state index contributed by atoms with van der Waals surface area (Å²) in [5, 5.41) is 7.15. The maximum atomic E-state index is 13.4. The van der Waals surface area contributed by atoms with Gasteiger partial charge in [-0.25, -0.2) is 4.68 Å². The second kappa shape index (κ2) is 12.1. The lowest BCUT2D eigenvalue weighted by Crippen LogP contribution is -2.23. The summed E-state index contributed by atoms with van der Waals surface area (Å²) in [7, 11) is 0. The third kappa shape index (κ3) is 6.73. The summed E-state index contributed by atoms with van der Waals surface area (Å²) in [6.45, 7) is 0.210. The standard InChI is InChI=1S/C31H22Cl2F3N3O2/c32-26-8-4-5-9-28(26)39-23(17-29(38-39)31(34,35)36)19-41-24-13-10-21(11-14-24)22-12-15-25(27(33)16-22)30(40)37-18-20-6-2-1-3-7-20/h1-17H,18-19H2,(H,37,40). The van der Waals surface area contributed by atoms with Crippen LogP contribution < -0.4 is 10.1 Å². The normalized spacial score (nSPS) is 11.3. The molecule has 208 valence electrons. The highest BCUT2D eigenvalue weighted by Gasteiger charge is 2.35. The molecule has 5 aromatic rings. The van der Waals surface area contributed by atoms with Crippen molar-refractivity contribution in [2.45, 2.75) is 19.3 Å². The zero-order valence-corrected chi connectivity index (χ0v) is 22.8. The van der Waals surface area contributed by atoms with Crippen LogP contribution in [-0.2, 0) is 19.3 Å². The predicted molar refractivity (Wildman–Crippen MR) is 152 cm³/mol. The molecule has 0 aliphatic heterocycles. The molecule has 0 aliphatic rings. The Labute approximate surface area is 244 Å². The van der Waals surface area contributed by atoms with E-state index in [1.54, 1.807) is 66.7 Å². The van der Waals surface area contributed by atoms with Crippen LogP contribution >= 0.6 is 23.2 Å². The molecule has 1 aromatic heterocycles. The van der Waals surface area contributed by atoms with E-state index in [-0.39, 0.29) is 23.2 Å². The predicted octanol–water partition coefficient (Wildman–Crippen LogP) is 8.37. The van der Waals surface area contributed by atoms with Crippen LogP contribution in [0, 0.1) is 0 Å². The minimum Gasteiger partial charge on any atom is -0.487 e. The summed E-state index contributed by atoms with van der Waals surface area (Å²) in [5.41, 5.74) is 2.39. The minimum absolute atomic E-state index is 0.174. The van der Waals surface area contributed by atoms with E-state index in [0.717, 1.165) is 27.4 Å². The van der Waals surface area contributed by atoms with E-state index in [4.69, 9.17) is 27.9 Å². The highest BCUT2D eigenvalue weighted by atomic mass is 35.5. The van der Waals surface area contributed by atoms with Gasteiger partial charge < -0.3 is 10.1 Å². The molecule has 5 rings (SSSR count). The number of ether oxygens (including phenoxy) is 1. The molecule has 0 unspecified atom stereocenters. The summed E-state index contributed by atoms with van der Waals surface area (Å²) >= 11 is 12.6. The van der Waals surface area contributed by atoms with Crippen molar-refractivity contribution in [3.05, 3.63) is 136 Å². The molecular formula is C31H22Cl2F3N3O2. The van der Waals surface area contributed by atoms with Gasteiger partial charge in [0.05, 0.1) is 27.0 Å². The second-order valence-electron chi connectivity index (χ2n) is 9.06. The number of hydrogen-bond donors (Lipinski definition) is 1. The molecule has 0 fully saturated rings. The molecule has 0 atom stereocenters. The van der Waals surface area contributed by atoms with Crippen molar-refractivity contribution in [2.75, 3.05) is 0 Å². The molecule has 1 N–H and O–H groups in total. The number of alkyl halides is 3. The smallest absolute Gasteiger partial charge is 0.435 e. The first-order chi connectivity index (χ1) is 19.7.